The van der Waals surface area contributed by atoms with Crippen LogP contribution in [-0.4, -0.2) is 5.11 Å². The van der Waals surface area contributed by atoms with E-state index in [1.165, 1.54) is 24.3 Å². The van der Waals surface area contributed by atoms with Gasteiger partial charge in [0.1, 0.15) is 0 Å². The number of alkyl halides is 3. The van der Waals surface area contributed by atoms with E-state index in [2.05, 4.69) is 0 Å². The van der Waals surface area contributed by atoms with Crippen molar-refractivity contribution < 1.29 is 18.3 Å². The number of nitriles is 1. The van der Waals surface area contributed by atoms with E-state index >= 15 is 0 Å². The number of benzene rings is 2. The van der Waals surface area contributed by atoms with Gasteiger partial charge in [0.2, 0.25) is 0 Å². The normalized spacial score (nSPS) is 11.2. The zero-order chi connectivity index (χ0) is 14.8. The number of hydrogen-bond acceptors (Lipinski definition) is 2. The van der Waals surface area contributed by atoms with Crippen molar-refractivity contribution >= 4 is 0 Å². The Bertz CT molecular complexity index is 672. The van der Waals surface area contributed by atoms with E-state index in [9.17, 15) is 18.3 Å². The molecule has 0 aliphatic heterocycles. The van der Waals surface area contributed by atoms with Gasteiger partial charge in [-0.25, -0.2) is 0 Å². The summed E-state index contributed by atoms with van der Waals surface area (Å²) in [6.07, 6.45) is -4.41. The molecule has 0 atom stereocenters. The molecule has 0 unspecified atom stereocenters. The van der Waals surface area contributed by atoms with Crippen molar-refractivity contribution in [3.8, 4) is 17.2 Å². The quantitative estimate of drug-likeness (QED) is 0.908. The maximum Gasteiger partial charge on any atom is 0.416 e. The molecule has 2 aromatic rings. The molecule has 1 N–H and O–H groups in total. The molecule has 0 amide bonds. The fraction of sp³-hybridized carbons (Fsp3) is 0.133. The number of rotatable bonds is 2. The van der Waals surface area contributed by atoms with Crippen molar-refractivity contribution in [3.05, 3.63) is 59.2 Å². The highest BCUT2D eigenvalue weighted by Crippen LogP contribution is 2.33. The Morgan fingerprint density at radius 3 is 2.45 bits per heavy atom. The lowest BCUT2D eigenvalue weighted by Crippen LogP contribution is -2.04. The average Bonchev–Trinajstić information content (AvgIpc) is 2.45. The largest absolute Gasteiger partial charge is 0.416 e. The van der Waals surface area contributed by atoms with E-state index in [4.69, 9.17) is 5.26 Å². The van der Waals surface area contributed by atoms with Crippen LogP contribution < -0.4 is 0 Å². The number of aliphatic hydroxyl groups is 1. The van der Waals surface area contributed by atoms with Crippen LogP contribution >= 0.6 is 0 Å². The van der Waals surface area contributed by atoms with Crippen molar-refractivity contribution in [3.63, 3.8) is 0 Å². The lowest BCUT2D eigenvalue weighted by molar-refractivity contribution is -0.137. The predicted octanol–water partition coefficient (Wildman–Crippen LogP) is 3.74. The van der Waals surface area contributed by atoms with Crippen LogP contribution in [0.2, 0.25) is 0 Å². The Morgan fingerprint density at radius 2 is 1.85 bits per heavy atom. The highest BCUT2D eigenvalue weighted by molar-refractivity contribution is 5.69. The fourth-order valence-corrected chi connectivity index (χ4v) is 1.94. The highest BCUT2D eigenvalue weighted by atomic mass is 19.4. The topological polar surface area (TPSA) is 44.0 Å². The second-order valence-corrected chi connectivity index (χ2v) is 4.22. The van der Waals surface area contributed by atoms with Crippen molar-refractivity contribution in [2.75, 3.05) is 0 Å². The molecule has 0 spiro atoms. The molecule has 0 aliphatic carbocycles. The molecule has 0 saturated carbocycles. The third kappa shape index (κ3) is 2.81. The molecule has 0 aliphatic rings. The summed E-state index contributed by atoms with van der Waals surface area (Å²) in [5, 5.41) is 18.1. The molecule has 0 saturated heterocycles. The van der Waals surface area contributed by atoms with Crippen LogP contribution in [-0.2, 0) is 12.8 Å². The van der Waals surface area contributed by atoms with Gasteiger partial charge in [0.25, 0.3) is 0 Å². The predicted molar refractivity (Wildman–Crippen MR) is 67.5 cm³/mol. The summed E-state index contributed by atoms with van der Waals surface area (Å²) < 4.78 is 38.1. The molecule has 5 heteroatoms. The van der Waals surface area contributed by atoms with Gasteiger partial charge in [-0.15, -0.1) is 0 Å². The molecule has 0 heterocycles. The SMILES string of the molecule is N#Cc1ccc(-c2cccc(C(F)(F)F)c2)c(CO)c1. The van der Waals surface area contributed by atoms with Crippen LogP contribution in [0, 0.1) is 11.3 Å². The van der Waals surface area contributed by atoms with Gasteiger partial charge >= 0.3 is 6.18 Å². The van der Waals surface area contributed by atoms with Crippen molar-refractivity contribution in [1.29, 1.82) is 5.26 Å². The summed E-state index contributed by atoms with van der Waals surface area (Å²) in [5.74, 6) is 0. The van der Waals surface area contributed by atoms with E-state index < -0.39 is 11.7 Å². The standard InChI is InChI=1S/C15H10F3NO/c16-15(17,18)13-3-1-2-11(7-13)14-5-4-10(8-19)6-12(14)9-20/h1-7,20H,9H2. The zero-order valence-electron chi connectivity index (χ0n) is 10.3. The van der Waals surface area contributed by atoms with E-state index in [0.29, 0.717) is 22.3 Å². The summed E-state index contributed by atoms with van der Waals surface area (Å²) in [5.41, 5.74) is 0.863. The monoisotopic (exact) mass is 277 g/mol. The fourth-order valence-electron chi connectivity index (χ4n) is 1.94. The zero-order valence-corrected chi connectivity index (χ0v) is 10.3. The van der Waals surface area contributed by atoms with E-state index in [-0.39, 0.29) is 6.61 Å². The second-order valence-electron chi connectivity index (χ2n) is 4.22. The minimum absolute atomic E-state index is 0.346. The van der Waals surface area contributed by atoms with Gasteiger partial charge in [-0.3, -0.25) is 0 Å². The van der Waals surface area contributed by atoms with Crippen LogP contribution in [0.1, 0.15) is 16.7 Å². The Balaban J connectivity index is 2.55. The van der Waals surface area contributed by atoms with Gasteiger partial charge in [-0.1, -0.05) is 18.2 Å². The Hall–Kier alpha value is -2.32. The molecule has 0 aromatic heterocycles. The summed E-state index contributed by atoms with van der Waals surface area (Å²) >= 11 is 0. The molecule has 2 aromatic carbocycles. The summed E-state index contributed by atoms with van der Waals surface area (Å²) in [4.78, 5) is 0. The van der Waals surface area contributed by atoms with Crippen molar-refractivity contribution in [1.82, 2.24) is 0 Å². The first kappa shape index (κ1) is 14.1. The van der Waals surface area contributed by atoms with Gasteiger partial charge in [0, 0.05) is 0 Å². The molecule has 0 fully saturated rings. The minimum atomic E-state index is -4.41. The van der Waals surface area contributed by atoms with Crippen LogP contribution in [0.5, 0.6) is 0 Å². The van der Waals surface area contributed by atoms with E-state index in [1.807, 2.05) is 6.07 Å². The van der Waals surface area contributed by atoms with Gasteiger partial charge in [0.05, 0.1) is 23.8 Å². The molecule has 2 rings (SSSR count). The third-order valence-electron chi connectivity index (χ3n) is 2.91. The first-order valence-electron chi connectivity index (χ1n) is 5.77. The van der Waals surface area contributed by atoms with Crippen LogP contribution in [0.4, 0.5) is 13.2 Å². The molecule has 0 radical (unpaired) electrons. The van der Waals surface area contributed by atoms with E-state index in [1.54, 1.807) is 6.07 Å². The number of hydrogen-bond donors (Lipinski definition) is 1. The summed E-state index contributed by atoms with van der Waals surface area (Å²) in [6.45, 7) is -0.346. The second kappa shape index (κ2) is 5.35. The maximum absolute atomic E-state index is 12.7. The molecule has 102 valence electrons. The highest BCUT2D eigenvalue weighted by Gasteiger charge is 2.30. The molecular formula is C15H10F3NO. The molecule has 2 nitrogen and oxygen atoms in total. The van der Waals surface area contributed by atoms with Crippen molar-refractivity contribution in [2.45, 2.75) is 12.8 Å². The first-order chi connectivity index (χ1) is 9.45. The summed E-state index contributed by atoms with van der Waals surface area (Å²) in [7, 11) is 0. The van der Waals surface area contributed by atoms with Crippen LogP contribution in [0.25, 0.3) is 11.1 Å². The van der Waals surface area contributed by atoms with Crippen molar-refractivity contribution in [2.24, 2.45) is 0 Å². The Morgan fingerprint density at radius 1 is 1.10 bits per heavy atom. The maximum atomic E-state index is 12.7. The van der Waals surface area contributed by atoms with Gasteiger partial charge in [-0.05, 0) is 41.0 Å². The smallest absolute Gasteiger partial charge is 0.392 e. The number of halogens is 3. The molecule has 20 heavy (non-hydrogen) atoms. The van der Waals surface area contributed by atoms with Gasteiger partial charge in [0.15, 0.2) is 0 Å². The molecule has 0 bridgehead atoms. The summed E-state index contributed by atoms with van der Waals surface area (Å²) in [6, 6.07) is 11.3. The van der Waals surface area contributed by atoms with Crippen LogP contribution in [0.15, 0.2) is 42.5 Å². The first-order valence-corrected chi connectivity index (χ1v) is 5.77. The average molecular weight is 277 g/mol. The van der Waals surface area contributed by atoms with Gasteiger partial charge in [-0.2, -0.15) is 18.4 Å². The third-order valence-corrected chi connectivity index (χ3v) is 2.91. The minimum Gasteiger partial charge on any atom is -0.392 e. The number of nitrogens with zero attached hydrogens (tertiary/aromatic N) is 1. The lowest BCUT2D eigenvalue weighted by atomic mass is 9.96. The Kier molecular flexibility index (Phi) is 3.77. The van der Waals surface area contributed by atoms with Crippen LogP contribution in [0.3, 0.4) is 0 Å². The van der Waals surface area contributed by atoms with Gasteiger partial charge < -0.3 is 5.11 Å². The molecular weight excluding hydrogens is 267 g/mol. The lowest BCUT2D eigenvalue weighted by Gasteiger charge is -2.11. The number of aliphatic hydroxyl groups excluding tert-OH is 1. The Labute approximate surface area is 113 Å². The van der Waals surface area contributed by atoms with E-state index in [0.717, 1.165) is 12.1 Å².